The summed E-state index contributed by atoms with van der Waals surface area (Å²) < 4.78 is 42.4. The first-order valence-corrected chi connectivity index (χ1v) is 6.62. The Hall–Kier alpha value is -2.83. The molecule has 0 aliphatic heterocycles. The van der Waals surface area contributed by atoms with Crippen molar-refractivity contribution in [2.75, 3.05) is 12.5 Å². The van der Waals surface area contributed by atoms with Crippen LogP contribution in [0.25, 0.3) is 6.08 Å². The third-order valence-electron chi connectivity index (χ3n) is 2.85. The summed E-state index contributed by atoms with van der Waals surface area (Å²) in [6.07, 6.45) is 1.29. The van der Waals surface area contributed by atoms with Crippen LogP contribution in [0.4, 0.5) is 19.0 Å². The molecule has 0 aliphatic rings. The van der Waals surface area contributed by atoms with Gasteiger partial charge in [0.15, 0.2) is 0 Å². The second kappa shape index (κ2) is 7.44. The van der Waals surface area contributed by atoms with Crippen molar-refractivity contribution in [3.63, 3.8) is 0 Å². The summed E-state index contributed by atoms with van der Waals surface area (Å²) in [4.78, 5) is 3.64. The highest BCUT2D eigenvalue weighted by molar-refractivity contribution is 5.79. The summed E-state index contributed by atoms with van der Waals surface area (Å²) in [5.74, 6) is 0.953. The van der Waals surface area contributed by atoms with E-state index in [-0.39, 0.29) is 5.82 Å². The Balaban J connectivity index is 1.93. The first kappa shape index (κ1) is 16.5. The van der Waals surface area contributed by atoms with Gasteiger partial charge in [0.1, 0.15) is 11.6 Å². The molecule has 2 rings (SSSR count). The number of nitrogens with one attached hydrogen (secondary N) is 1. The molecule has 0 aliphatic carbocycles. The van der Waals surface area contributed by atoms with E-state index in [4.69, 9.17) is 4.74 Å². The van der Waals surface area contributed by atoms with Crippen LogP contribution < -0.4 is 10.2 Å². The normalized spacial score (nSPS) is 12.0. The zero-order valence-corrected chi connectivity index (χ0v) is 12.2. The molecule has 0 saturated heterocycles. The Morgan fingerprint density at radius 3 is 2.61 bits per heavy atom. The molecule has 0 bridgehead atoms. The zero-order valence-electron chi connectivity index (χ0n) is 12.2. The maximum absolute atomic E-state index is 12.4. The van der Waals surface area contributed by atoms with Gasteiger partial charge in [0.2, 0.25) is 0 Å². The average Bonchev–Trinajstić information content (AvgIpc) is 2.54. The Bertz CT molecular complexity index is 694. The fraction of sp³-hybridized carbons (Fsp3) is 0.125. The topological polar surface area (TPSA) is 46.5 Å². The molecule has 23 heavy (non-hydrogen) atoms. The molecule has 0 saturated carbocycles. The zero-order chi connectivity index (χ0) is 16.7. The molecule has 0 fully saturated rings. The minimum atomic E-state index is -4.40. The van der Waals surface area contributed by atoms with Crippen molar-refractivity contribution in [2.24, 2.45) is 5.10 Å². The highest BCUT2D eigenvalue weighted by Gasteiger charge is 2.30. The molecule has 1 aromatic carbocycles. The van der Waals surface area contributed by atoms with E-state index in [1.54, 1.807) is 19.3 Å². The number of aromatic nitrogens is 1. The predicted octanol–water partition coefficient (Wildman–Crippen LogP) is 4.22. The fourth-order valence-corrected chi connectivity index (χ4v) is 1.72. The Morgan fingerprint density at radius 2 is 1.96 bits per heavy atom. The molecule has 0 amide bonds. The van der Waals surface area contributed by atoms with Gasteiger partial charge in [0.05, 0.1) is 12.7 Å². The number of pyridine rings is 1. The SMILES string of the molecule is COc1ccccc1/C=C/C=N/Nc1ccc(C(F)(F)F)cn1. The van der Waals surface area contributed by atoms with Crippen molar-refractivity contribution >= 4 is 18.1 Å². The number of rotatable bonds is 5. The number of anilines is 1. The van der Waals surface area contributed by atoms with E-state index in [0.29, 0.717) is 0 Å². The number of hydrazone groups is 1. The average molecular weight is 321 g/mol. The largest absolute Gasteiger partial charge is 0.496 e. The molecule has 4 nitrogen and oxygen atoms in total. The molecule has 0 radical (unpaired) electrons. The lowest BCUT2D eigenvalue weighted by atomic mass is 10.2. The molecule has 0 atom stereocenters. The quantitative estimate of drug-likeness (QED) is 0.662. The summed E-state index contributed by atoms with van der Waals surface area (Å²) in [5, 5.41) is 3.86. The number of allylic oxidation sites excluding steroid dienone is 1. The maximum Gasteiger partial charge on any atom is 0.417 e. The van der Waals surface area contributed by atoms with Crippen LogP contribution in [0.1, 0.15) is 11.1 Å². The lowest BCUT2D eigenvalue weighted by molar-refractivity contribution is -0.137. The molecule has 0 spiro atoms. The number of benzene rings is 1. The van der Waals surface area contributed by atoms with E-state index in [1.807, 2.05) is 24.3 Å². The second-order valence-corrected chi connectivity index (χ2v) is 4.42. The standard InChI is InChI=1S/C16H14F3N3O/c1-23-14-7-3-2-5-12(14)6-4-10-21-22-15-9-8-13(11-20-15)16(17,18)19/h2-11H,1H3,(H,20,22)/b6-4+,21-10+. The van der Waals surface area contributed by atoms with Gasteiger partial charge in [0, 0.05) is 18.0 Å². The minimum absolute atomic E-state index is 0.222. The second-order valence-electron chi connectivity index (χ2n) is 4.42. The lowest BCUT2D eigenvalue weighted by Gasteiger charge is -2.06. The number of halogens is 3. The Labute approximate surface area is 131 Å². The third kappa shape index (κ3) is 4.84. The predicted molar refractivity (Wildman–Crippen MR) is 83.4 cm³/mol. The maximum atomic E-state index is 12.4. The van der Waals surface area contributed by atoms with Gasteiger partial charge >= 0.3 is 6.18 Å². The first-order valence-electron chi connectivity index (χ1n) is 6.62. The van der Waals surface area contributed by atoms with Gasteiger partial charge in [0.25, 0.3) is 0 Å². The van der Waals surface area contributed by atoms with Crippen molar-refractivity contribution in [2.45, 2.75) is 6.18 Å². The number of hydrogen-bond donors (Lipinski definition) is 1. The first-order chi connectivity index (χ1) is 11.0. The van der Waals surface area contributed by atoms with Crippen LogP contribution >= 0.6 is 0 Å². The fourth-order valence-electron chi connectivity index (χ4n) is 1.72. The van der Waals surface area contributed by atoms with Crippen molar-refractivity contribution in [1.29, 1.82) is 0 Å². The number of para-hydroxylation sites is 1. The van der Waals surface area contributed by atoms with Crippen molar-refractivity contribution in [3.05, 3.63) is 59.8 Å². The van der Waals surface area contributed by atoms with Gasteiger partial charge in [-0.15, -0.1) is 0 Å². The van der Waals surface area contributed by atoms with Crippen LogP contribution in [-0.2, 0) is 6.18 Å². The molecule has 1 aromatic heterocycles. The number of ether oxygens (including phenoxy) is 1. The van der Waals surface area contributed by atoms with Crippen molar-refractivity contribution < 1.29 is 17.9 Å². The van der Waals surface area contributed by atoms with Gasteiger partial charge in [-0.3, -0.25) is 5.43 Å². The molecule has 120 valence electrons. The van der Waals surface area contributed by atoms with Gasteiger partial charge in [-0.2, -0.15) is 18.3 Å². The Kier molecular flexibility index (Phi) is 5.35. The molecule has 1 N–H and O–H groups in total. The Morgan fingerprint density at radius 1 is 1.17 bits per heavy atom. The van der Waals surface area contributed by atoms with E-state index >= 15 is 0 Å². The van der Waals surface area contributed by atoms with E-state index in [1.165, 1.54) is 12.3 Å². The summed E-state index contributed by atoms with van der Waals surface area (Å²) in [6, 6.07) is 9.61. The third-order valence-corrected chi connectivity index (χ3v) is 2.85. The van der Waals surface area contributed by atoms with Crippen LogP contribution in [-0.4, -0.2) is 18.3 Å². The van der Waals surface area contributed by atoms with Crippen molar-refractivity contribution in [1.82, 2.24) is 4.98 Å². The number of hydrogen-bond acceptors (Lipinski definition) is 4. The summed E-state index contributed by atoms with van der Waals surface area (Å²) in [5.41, 5.74) is 2.63. The van der Waals surface area contributed by atoms with E-state index < -0.39 is 11.7 Å². The van der Waals surface area contributed by atoms with Gasteiger partial charge in [-0.1, -0.05) is 18.2 Å². The van der Waals surface area contributed by atoms with E-state index in [9.17, 15) is 13.2 Å². The number of alkyl halides is 3. The molecular weight excluding hydrogens is 307 g/mol. The van der Waals surface area contributed by atoms with Gasteiger partial charge < -0.3 is 4.74 Å². The van der Waals surface area contributed by atoms with Crippen LogP contribution in [0.2, 0.25) is 0 Å². The monoisotopic (exact) mass is 321 g/mol. The van der Waals surface area contributed by atoms with E-state index in [0.717, 1.165) is 23.6 Å². The van der Waals surface area contributed by atoms with Gasteiger partial charge in [-0.25, -0.2) is 4.98 Å². The van der Waals surface area contributed by atoms with Crippen LogP contribution in [0.3, 0.4) is 0 Å². The molecular formula is C16H14F3N3O. The van der Waals surface area contributed by atoms with E-state index in [2.05, 4.69) is 15.5 Å². The summed E-state index contributed by atoms with van der Waals surface area (Å²) in [6.45, 7) is 0. The number of nitrogens with zero attached hydrogens (tertiary/aromatic N) is 2. The van der Waals surface area contributed by atoms with Crippen LogP contribution in [0.5, 0.6) is 5.75 Å². The lowest BCUT2D eigenvalue weighted by Crippen LogP contribution is -2.05. The summed E-state index contributed by atoms with van der Waals surface area (Å²) in [7, 11) is 1.58. The highest BCUT2D eigenvalue weighted by atomic mass is 19.4. The molecule has 2 aromatic rings. The van der Waals surface area contributed by atoms with Gasteiger partial charge in [-0.05, 0) is 30.4 Å². The highest BCUT2D eigenvalue weighted by Crippen LogP contribution is 2.28. The molecule has 0 unspecified atom stereocenters. The van der Waals surface area contributed by atoms with Crippen LogP contribution in [0, 0.1) is 0 Å². The summed E-state index contributed by atoms with van der Waals surface area (Å²) >= 11 is 0. The smallest absolute Gasteiger partial charge is 0.417 e. The van der Waals surface area contributed by atoms with Crippen LogP contribution in [0.15, 0.2) is 53.8 Å². The number of methoxy groups -OCH3 is 1. The van der Waals surface area contributed by atoms with Crippen molar-refractivity contribution in [3.8, 4) is 5.75 Å². The molecule has 7 heteroatoms. The molecule has 1 heterocycles. The minimum Gasteiger partial charge on any atom is -0.496 e.